The molecule has 0 radical (unpaired) electrons. The molecule has 134 valence electrons. The lowest BCUT2D eigenvalue weighted by Crippen LogP contribution is -2.51. The Morgan fingerprint density at radius 1 is 1.33 bits per heavy atom. The summed E-state index contributed by atoms with van der Waals surface area (Å²) in [6.45, 7) is -0.397. The SMILES string of the molecule is COc1ccc(S(=O)(=O)N[C@@H]2CC[C@@H](CC(=O)O)O[C@@H]2CO)cc1. The molecule has 3 N–H and O–H groups in total. The van der Waals surface area contributed by atoms with Crippen molar-refractivity contribution in [2.45, 2.75) is 42.4 Å². The molecule has 8 nitrogen and oxygen atoms in total. The van der Waals surface area contributed by atoms with Crippen LogP contribution in [0, 0.1) is 0 Å². The van der Waals surface area contributed by atoms with E-state index in [1.165, 1.54) is 19.2 Å². The van der Waals surface area contributed by atoms with Gasteiger partial charge in [-0.1, -0.05) is 0 Å². The highest BCUT2D eigenvalue weighted by Gasteiger charge is 2.34. The molecule has 0 spiro atoms. The molecule has 24 heavy (non-hydrogen) atoms. The van der Waals surface area contributed by atoms with Crippen LogP contribution in [-0.2, 0) is 19.6 Å². The number of carbonyl (C=O) groups is 1. The van der Waals surface area contributed by atoms with Gasteiger partial charge in [0.2, 0.25) is 10.0 Å². The van der Waals surface area contributed by atoms with Crippen molar-refractivity contribution in [3.05, 3.63) is 24.3 Å². The maximum atomic E-state index is 12.4. The Morgan fingerprint density at radius 2 is 2.00 bits per heavy atom. The first kappa shape index (κ1) is 18.7. The van der Waals surface area contributed by atoms with Crippen molar-refractivity contribution in [1.29, 1.82) is 0 Å². The Kier molecular flexibility index (Phi) is 6.16. The Hall–Kier alpha value is -1.68. The molecule has 1 aliphatic rings. The molecule has 1 fully saturated rings. The zero-order chi connectivity index (χ0) is 17.7. The van der Waals surface area contributed by atoms with E-state index in [9.17, 15) is 18.3 Å². The van der Waals surface area contributed by atoms with Gasteiger partial charge in [0.15, 0.2) is 0 Å². The summed E-state index contributed by atoms with van der Waals surface area (Å²) in [5.74, 6) is -0.450. The number of aliphatic carboxylic acids is 1. The van der Waals surface area contributed by atoms with Gasteiger partial charge in [-0.15, -0.1) is 0 Å². The van der Waals surface area contributed by atoms with E-state index in [4.69, 9.17) is 14.6 Å². The number of hydrogen-bond donors (Lipinski definition) is 3. The fraction of sp³-hybridized carbons (Fsp3) is 0.533. The fourth-order valence-corrected chi connectivity index (χ4v) is 3.93. The van der Waals surface area contributed by atoms with E-state index < -0.39 is 40.8 Å². The number of methoxy groups -OCH3 is 1. The molecular weight excluding hydrogens is 338 g/mol. The predicted molar refractivity (Wildman–Crippen MR) is 84.3 cm³/mol. The number of nitrogens with one attached hydrogen (secondary N) is 1. The van der Waals surface area contributed by atoms with Gasteiger partial charge in [0.05, 0.1) is 43.3 Å². The molecule has 1 aliphatic heterocycles. The van der Waals surface area contributed by atoms with Gasteiger partial charge in [-0.05, 0) is 37.1 Å². The van der Waals surface area contributed by atoms with E-state index in [1.807, 2.05) is 0 Å². The Morgan fingerprint density at radius 3 is 2.54 bits per heavy atom. The van der Waals surface area contributed by atoms with Gasteiger partial charge in [-0.2, -0.15) is 0 Å². The normalized spacial score (nSPS) is 24.5. The Bertz CT molecular complexity index is 659. The van der Waals surface area contributed by atoms with Crippen LogP contribution in [0.4, 0.5) is 0 Å². The summed E-state index contributed by atoms with van der Waals surface area (Å²) in [6.07, 6.45) is -0.691. The van der Waals surface area contributed by atoms with Crippen LogP contribution in [0.1, 0.15) is 19.3 Å². The van der Waals surface area contributed by atoms with E-state index in [0.717, 1.165) is 0 Å². The second-order valence-corrected chi connectivity index (χ2v) is 7.27. The number of carboxylic acids is 1. The highest BCUT2D eigenvalue weighted by atomic mass is 32.2. The molecule has 1 heterocycles. The summed E-state index contributed by atoms with van der Waals surface area (Å²) >= 11 is 0. The van der Waals surface area contributed by atoms with Gasteiger partial charge in [-0.3, -0.25) is 4.79 Å². The highest BCUT2D eigenvalue weighted by Crippen LogP contribution is 2.24. The van der Waals surface area contributed by atoms with E-state index in [2.05, 4.69) is 4.72 Å². The molecule has 0 aliphatic carbocycles. The zero-order valence-electron chi connectivity index (χ0n) is 13.2. The molecule has 0 unspecified atom stereocenters. The molecule has 0 saturated carbocycles. The first-order valence-electron chi connectivity index (χ1n) is 7.50. The minimum atomic E-state index is -3.78. The monoisotopic (exact) mass is 359 g/mol. The standard InChI is InChI=1S/C15H21NO7S/c1-22-10-2-5-12(6-3-10)24(20,21)16-13-7-4-11(8-15(18)19)23-14(13)9-17/h2-3,5-6,11,13-14,16-17H,4,7-9H2,1H3,(H,18,19)/t11-,13+,14+/m0/s1. The van der Waals surface area contributed by atoms with Crippen LogP contribution in [-0.4, -0.2) is 56.6 Å². The average molecular weight is 359 g/mol. The van der Waals surface area contributed by atoms with E-state index >= 15 is 0 Å². The van der Waals surface area contributed by atoms with Gasteiger partial charge in [-0.25, -0.2) is 13.1 Å². The first-order chi connectivity index (χ1) is 11.4. The van der Waals surface area contributed by atoms with Crippen LogP contribution in [0.2, 0.25) is 0 Å². The van der Waals surface area contributed by atoms with Crippen LogP contribution >= 0.6 is 0 Å². The number of ether oxygens (including phenoxy) is 2. The van der Waals surface area contributed by atoms with Gasteiger partial charge in [0, 0.05) is 0 Å². The molecule has 9 heteroatoms. The van der Waals surface area contributed by atoms with Crippen molar-refractivity contribution in [2.24, 2.45) is 0 Å². The van der Waals surface area contributed by atoms with Crippen molar-refractivity contribution in [3.63, 3.8) is 0 Å². The number of carboxylic acid groups (broad SMARTS) is 1. The van der Waals surface area contributed by atoms with Crippen LogP contribution < -0.4 is 9.46 Å². The van der Waals surface area contributed by atoms with Gasteiger partial charge < -0.3 is 19.7 Å². The Balaban J connectivity index is 2.06. The molecule has 0 amide bonds. The smallest absolute Gasteiger partial charge is 0.305 e. The topological polar surface area (TPSA) is 122 Å². The van der Waals surface area contributed by atoms with Crippen molar-refractivity contribution in [3.8, 4) is 5.75 Å². The van der Waals surface area contributed by atoms with Gasteiger partial charge >= 0.3 is 5.97 Å². The molecule has 0 bridgehead atoms. The third kappa shape index (κ3) is 4.67. The number of aliphatic hydroxyl groups excluding tert-OH is 1. The Labute approximate surface area is 140 Å². The van der Waals surface area contributed by atoms with Crippen LogP contribution in [0.15, 0.2) is 29.2 Å². The maximum Gasteiger partial charge on any atom is 0.305 e. The molecule has 1 saturated heterocycles. The summed E-state index contributed by atoms with van der Waals surface area (Å²) in [5, 5.41) is 18.2. The predicted octanol–water partition coefficient (Wildman–Crippen LogP) is 0.357. The van der Waals surface area contributed by atoms with Gasteiger partial charge in [0.1, 0.15) is 5.75 Å². The van der Waals surface area contributed by atoms with Gasteiger partial charge in [0.25, 0.3) is 0 Å². The lowest BCUT2D eigenvalue weighted by molar-refractivity contribution is -0.145. The van der Waals surface area contributed by atoms with Crippen molar-refractivity contribution < 1.29 is 32.9 Å². The summed E-state index contributed by atoms with van der Waals surface area (Å²) in [4.78, 5) is 10.8. The number of sulfonamides is 1. The van der Waals surface area contributed by atoms with Crippen LogP contribution in [0.5, 0.6) is 5.75 Å². The highest BCUT2D eigenvalue weighted by molar-refractivity contribution is 7.89. The largest absolute Gasteiger partial charge is 0.497 e. The van der Waals surface area contributed by atoms with Crippen LogP contribution in [0.25, 0.3) is 0 Å². The first-order valence-corrected chi connectivity index (χ1v) is 8.98. The minimum absolute atomic E-state index is 0.0765. The average Bonchev–Trinajstić information content (AvgIpc) is 2.55. The van der Waals surface area contributed by atoms with Crippen molar-refractivity contribution in [1.82, 2.24) is 4.72 Å². The van der Waals surface area contributed by atoms with Crippen molar-refractivity contribution in [2.75, 3.05) is 13.7 Å². The summed E-state index contributed by atoms with van der Waals surface area (Å²) < 4.78 is 37.9. The second kappa shape index (κ2) is 7.93. The number of benzene rings is 1. The second-order valence-electron chi connectivity index (χ2n) is 5.56. The van der Waals surface area contributed by atoms with Crippen LogP contribution in [0.3, 0.4) is 0 Å². The zero-order valence-corrected chi connectivity index (χ0v) is 14.0. The van der Waals surface area contributed by atoms with E-state index in [-0.39, 0.29) is 11.3 Å². The lowest BCUT2D eigenvalue weighted by Gasteiger charge is -2.35. The minimum Gasteiger partial charge on any atom is -0.497 e. The quantitative estimate of drug-likeness (QED) is 0.642. The molecule has 1 aromatic rings. The third-order valence-electron chi connectivity index (χ3n) is 3.87. The molecule has 1 aromatic carbocycles. The third-order valence-corrected chi connectivity index (χ3v) is 5.38. The molecule has 0 aromatic heterocycles. The molecule has 3 atom stereocenters. The van der Waals surface area contributed by atoms with Crippen molar-refractivity contribution >= 4 is 16.0 Å². The van der Waals surface area contributed by atoms with E-state index in [0.29, 0.717) is 18.6 Å². The molecular formula is C15H21NO7S. The summed E-state index contributed by atoms with van der Waals surface area (Å²) in [6, 6.07) is 5.31. The lowest BCUT2D eigenvalue weighted by atomic mass is 9.98. The number of hydrogen-bond acceptors (Lipinski definition) is 6. The number of rotatable bonds is 7. The maximum absolute atomic E-state index is 12.4. The summed E-state index contributed by atoms with van der Waals surface area (Å²) in [7, 11) is -2.29. The number of aliphatic hydroxyl groups is 1. The fourth-order valence-electron chi connectivity index (χ4n) is 2.63. The molecule has 2 rings (SSSR count). The summed E-state index contributed by atoms with van der Waals surface area (Å²) in [5.41, 5.74) is 0. The van der Waals surface area contributed by atoms with E-state index in [1.54, 1.807) is 12.1 Å².